The summed E-state index contributed by atoms with van der Waals surface area (Å²) < 4.78 is 5.24. The minimum Gasteiger partial charge on any atom is -0.497 e. The molecule has 0 atom stereocenters. The van der Waals surface area contributed by atoms with Crippen LogP contribution in [0.15, 0.2) is 42.5 Å². The van der Waals surface area contributed by atoms with Gasteiger partial charge < -0.3 is 14.9 Å². The zero-order chi connectivity index (χ0) is 17.1. The molecule has 0 unspecified atom stereocenters. The first kappa shape index (κ1) is 18.8. The van der Waals surface area contributed by atoms with Crippen LogP contribution in [0.4, 0.5) is 4.79 Å². The van der Waals surface area contributed by atoms with Crippen molar-refractivity contribution in [2.24, 2.45) is 5.92 Å². The first-order chi connectivity index (χ1) is 11.1. The van der Waals surface area contributed by atoms with E-state index < -0.39 is 6.16 Å². The summed E-state index contributed by atoms with van der Waals surface area (Å²) in [5.41, 5.74) is 2.83. The van der Waals surface area contributed by atoms with Gasteiger partial charge in [-0.25, -0.2) is 4.79 Å². The van der Waals surface area contributed by atoms with Crippen LogP contribution in [0.2, 0.25) is 0 Å². The number of rotatable bonds is 4. The van der Waals surface area contributed by atoms with Gasteiger partial charge in [-0.05, 0) is 49.0 Å². The molecule has 0 saturated heterocycles. The second kappa shape index (κ2) is 10.5. The largest absolute Gasteiger partial charge is 0.503 e. The molecule has 0 amide bonds. The van der Waals surface area contributed by atoms with Gasteiger partial charge in [-0.1, -0.05) is 49.6 Å². The summed E-state index contributed by atoms with van der Waals surface area (Å²) in [4.78, 5) is 8.56. The van der Waals surface area contributed by atoms with E-state index in [0.717, 1.165) is 11.7 Å². The van der Waals surface area contributed by atoms with Crippen LogP contribution < -0.4 is 4.74 Å². The Kier molecular flexibility index (Phi) is 8.58. The summed E-state index contributed by atoms with van der Waals surface area (Å²) in [6, 6.07) is 8.48. The Bertz CT molecular complexity index is 519. The summed E-state index contributed by atoms with van der Waals surface area (Å²) in [6.45, 7) is 2.07. The molecular formula is C19H26O4. The molecule has 2 rings (SSSR count). The standard InChI is InChI=1S/C18H24O.CH2O3/c1-3-4-10-18(15-8-6-5-7-9-15)16-11-13-17(19-2)14-12-16;2-1(3)4/h3-4,10-15H,5-9H2,1-2H3;(H2,2,3,4)/b4-3+,18-10-;. The van der Waals surface area contributed by atoms with Crippen LogP contribution in [0.5, 0.6) is 5.75 Å². The van der Waals surface area contributed by atoms with Gasteiger partial charge in [-0.2, -0.15) is 0 Å². The quantitative estimate of drug-likeness (QED) is 0.724. The molecule has 126 valence electrons. The van der Waals surface area contributed by atoms with Crippen LogP contribution in [0.1, 0.15) is 44.6 Å². The molecule has 0 heterocycles. The highest BCUT2D eigenvalue weighted by molar-refractivity contribution is 5.69. The first-order valence-corrected chi connectivity index (χ1v) is 7.97. The van der Waals surface area contributed by atoms with Crippen molar-refractivity contribution in [3.8, 4) is 5.75 Å². The van der Waals surface area contributed by atoms with Gasteiger partial charge in [0.25, 0.3) is 0 Å². The number of benzene rings is 1. The smallest absolute Gasteiger partial charge is 0.497 e. The van der Waals surface area contributed by atoms with Crippen molar-refractivity contribution in [1.82, 2.24) is 0 Å². The van der Waals surface area contributed by atoms with Crippen molar-refractivity contribution in [3.05, 3.63) is 48.1 Å². The SMILES string of the molecule is C/C=C/C=C(\c1ccc(OC)cc1)C1CCCCC1.O=C(O)O. The molecule has 1 aliphatic carbocycles. The predicted molar refractivity (Wildman–Crippen MR) is 93.0 cm³/mol. The van der Waals surface area contributed by atoms with Gasteiger partial charge in [0.05, 0.1) is 7.11 Å². The van der Waals surface area contributed by atoms with Crippen molar-refractivity contribution in [1.29, 1.82) is 0 Å². The minimum absolute atomic E-state index is 0.721. The molecule has 1 saturated carbocycles. The third kappa shape index (κ3) is 7.04. The zero-order valence-corrected chi connectivity index (χ0v) is 13.9. The lowest BCUT2D eigenvalue weighted by molar-refractivity contribution is 0.137. The lowest BCUT2D eigenvalue weighted by Gasteiger charge is -2.25. The third-order valence-electron chi connectivity index (χ3n) is 3.94. The molecule has 2 N–H and O–H groups in total. The topological polar surface area (TPSA) is 66.8 Å². The first-order valence-electron chi connectivity index (χ1n) is 7.97. The monoisotopic (exact) mass is 318 g/mol. The molecule has 1 aliphatic rings. The molecule has 4 heteroatoms. The maximum absolute atomic E-state index is 8.56. The van der Waals surface area contributed by atoms with E-state index in [1.165, 1.54) is 43.2 Å². The minimum atomic E-state index is -1.83. The van der Waals surface area contributed by atoms with Gasteiger partial charge in [0.1, 0.15) is 5.75 Å². The average Bonchev–Trinajstić information content (AvgIpc) is 2.56. The van der Waals surface area contributed by atoms with Gasteiger partial charge in [0.15, 0.2) is 0 Å². The second-order valence-electron chi connectivity index (χ2n) is 5.49. The van der Waals surface area contributed by atoms with E-state index in [9.17, 15) is 0 Å². The molecule has 1 aromatic rings. The molecule has 0 spiro atoms. The van der Waals surface area contributed by atoms with E-state index in [1.54, 1.807) is 7.11 Å². The number of allylic oxidation sites excluding steroid dienone is 4. The highest BCUT2D eigenvalue weighted by atomic mass is 16.6. The highest BCUT2D eigenvalue weighted by Gasteiger charge is 2.18. The molecule has 23 heavy (non-hydrogen) atoms. The molecule has 1 fully saturated rings. The number of carbonyl (C=O) groups is 1. The molecule has 1 aromatic carbocycles. The lowest BCUT2D eigenvalue weighted by Crippen LogP contribution is -2.08. The lowest BCUT2D eigenvalue weighted by atomic mass is 9.81. The van der Waals surface area contributed by atoms with Crippen molar-refractivity contribution in [2.75, 3.05) is 7.11 Å². The van der Waals surface area contributed by atoms with Crippen LogP contribution in [0, 0.1) is 5.92 Å². The fourth-order valence-electron chi connectivity index (χ4n) is 2.86. The summed E-state index contributed by atoms with van der Waals surface area (Å²) in [6.07, 6.45) is 11.5. The van der Waals surface area contributed by atoms with E-state index in [4.69, 9.17) is 19.7 Å². The van der Waals surface area contributed by atoms with E-state index >= 15 is 0 Å². The highest BCUT2D eigenvalue weighted by Crippen LogP contribution is 2.35. The molecule has 0 bridgehead atoms. The van der Waals surface area contributed by atoms with Crippen LogP contribution in [-0.2, 0) is 0 Å². The van der Waals surface area contributed by atoms with Crippen LogP contribution in [0.3, 0.4) is 0 Å². The molecule has 0 aliphatic heterocycles. The maximum atomic E-state index is 8.56. The summed E-state index contributed by atoms with van der Waals surface area (Å²) in [5, 5.41) is 13.9. The Morgan fingerprint density at radius 1 is 1.13 bits per heavy atom. The average molecular weight is 318 g/mol. The normalized spacial score (nSPS) is 15.8. The Labute approximate surface area is 138 Å². The number of hydrogen-bond acceptors (Lipinski definition) is 2. The van der Waals surface area contributed by atoms with E-state index in [0.29, 0.717) is 0 Å². The summed E-state index contributed by atoms with van der Waals surface area (Å²) >= 11 is 0. The zero-order valence-electron chi connectivity index (χ0n) is 13.9. The van der Waals surface area contributed by atoms with Crippen molar-refractivity contribution >= 4 is 11.7 Å². The molecular weight excluding hydrogens is 292 g/mol. The fraction of sp³-hybridized carbons (Fsp3) is 0.421. The Morgan fingerprint density at radius 3 is 2.17 bits per heavy atom. The van der Waals surface area contributed by atoms with Gasteiger partial charge in [0.2, 0.25) is 0 Å². The summed E-state index contributed by atoms with van der Waals surface area (Å²) in [5.74, 6) is 1.65. The van der Waals surface area contributed by atoms with E-state index in [-0.39, 0.29) is 0 Å². The van der Waals surface area contributed by atoms with Crippen molar-refractivity contribution in [3.63, 3.8) is 0 Å². The summed E-state index contributed by atoms with van der Waals surface area (Å²) in [7, 11) is 1.71. The van der Waals surface area contributed by atoms with Crippen LogP contribution in [-0.4, -0.2) is 23.5 Å². The maximum Gasteiger partial charge on any atom is 0.503 e. The van der Waals surface area contributed by atoms with Gasteiger partial charge in [-0.15, -0.1) is 0 Å². The van der Waals surface area contributed by atoms with E-state index in [2.05, 4.69) is 49.4 Å². The molecule has 0 aromatic heterocycles. The van der Waals surface area contributed by atoms with Crippen LogP contribution >= 0.6 is 0 Å². The van der Waals surface area contributed by atoms with Crippen LogP contribution in [0.25, 0.3) is 5.57 Å². The van der Waals surface area contributed by atoms with E-state index in [1.807, 2.05) is 0 Å². The van der Waals surface area contributed by atoms with Gasteiger partial charge in [0, 0.05) is 0 Å². The second-order valence-corrected chi connectivity index (χ2v) is 5.49. The van der Waals surface area contributed by atoms with Crippen molar-refractivity contribution < 1.29 is 19.7 Å². The number of carboxylic acid groups (broad SMARTS) is 2. The number of ether oxygens (including phenoxy) is 1. The molecule has 4 nitrogen and oxygen atoms in total. The predicted octanol–water partition coefficient (Wildman–Crippen LogP) is 5.46. The fourth-order valence-corrected chi connectivity index (χ4v) is 2.86. The Hall–Kier alpha value is -2.23. The Balaban J connectivity index is 0.000000593. The number of methoxy groups -OCH3 is 1. The van der Waals surface area contributed by atoms with Crippen molar-refractivity contribution in [2.45, 2.75) is 39.0 Å². The molecule has 0 radical (unpaired) electrons. The Morgan fingerprint density at radius 2 is 1.70 bits per heavy atom. The van der Waals surface area contributed by atoms with Gasteiger partial charge >= 0.3 is 6.16 Å². The van der Waals surface area contributed by atoms with Gasteiger partial charge in [-0.3, -0.25) is 0 Å². The number of hydrogen-bond donors (Lipinski definition) is 2. The third-order valence-corrected chi connectivity index (χ3v) is 3.94.